The standard InChI is InChI=1S/C13H13F3N4O/c14-13(15,16)9-3-1-2-4-10(9)18-12-20-19-11(21-12)7-17-8-5-6-8/h1-4,8,17H,5-7H2,(H,18,20). The number of nitrogens with zero attached hydrogens (tertiary/aromatic N) is 2. The fourth-order valence-corrected chi connectivity index (χ4v) is 1.85. The Labute approximate surface area is 118 Å². The fraction of sp³-hybridized carbons (Fsp3) is 0.385. The number of halogens is 3. The molecule has 5 nitrogen and oxygen atoms in total. The number of hydrogen-bond donors (Lipinski definition) is 2. The number of aromatic nitrogens is 2. The van der Waals surface area contributed by atoms with Crippen molar-refractivity contribution < 1.29 is 17.6 Å². The molecule has 3 rings (SSSR count). The van der Waals surface area contributed by atoms with E-state index >= 15 is 0 Å². The molecule has 21 heavy (non-hydrogen) atoms. The van der Waals surface area contributed by atoms with E-state index in [1.807, 2.05) is 0 Å². The van der Waals surface area contributed by atoms with E-state index in [-0.39, 0.29) is 11.7 Å². The molecule has 0 spiro atoms. The molecule has 1 aliphatic carbocycles. The molecular weight excluding hydrogens is 285 g/mol. The molecule has 8 heteroatoms. The van der Waals surface area contributed by atoms with E-state index in [4.69, 9.17) is 4.42 Å². The van der Waals surface area contributed by atoms with Crippen LogP contribution in [0.3, 0.4) is 0 Å². The minimum atomic E-state index is -4.44. The average Bonchev–Trinajstić information content (AvgIpc) is 3.16. The van der Waals surface area contributed by atoms with Gasteiger partial charge in [0.25, 0.3) is 0 Å². The second kappa shape index (κ2) is 5.36. The third-order valence-corrected chi connectivity index (χ3v) is 3.06. The molecule has 0 aliphatic heterocycles. The highest BCUT2D eigenvalue weighted by Crippen LogP contribution is 2.35. The molecule has 1 aromatic heterocycles. The summed E-state index contributed by atoms with van der Waals surface area (Å²) < 4.78 is 43.8. The Morgan fingerprint density at radius 2 is 1.95 bits per heavy atom. The summed E-state index contributed by atoms with van der Waals surface area (Å²) in [4.78, 5) is 0. The Morgan fingerprint density at radius 3 is 2.67 bits per heavy atom. The van der Waals surface area contributed by atoms with Crippen molar-refractivity contribution in [2.75, 3.05) is 5.32 Å². The van der Waals surface area contributed by atoms with Crippen LogP contribution in [0.2, 0.25) is 0 Å². The maximum Gasteiger partial charge on any atom is 0.418 e. The Balaban J connectivity index is 1.71. The Morgan fingerprint density at radius 1 is 1.19 bits per heavy atom. The molecule has 1 saturated carbocycles. The first-order valence-electron chi connectivity index (χ1n) is 6.51. The van der Waals surface area contributed by atoms with E-state index in [9.17, 15) is 13.2 Å². The van der Waals surface area contributed by atoms with Gasteiger partial charge >= 0.3 is 12.2 Å². The molecule has 0 unspecified atom stereocenters. The van der Waals surface area contributed by atoms with Gasteiger partial charge in [0.15, 0.2) is 0 Å². The molecule has 2 N–H and O–H groups in total. The van der Waals surface area contributed by atoms with Crippen molar-refractivity contribution in [2.45, 2.75) is 31.6 Å². The first kappa shape index (κ1) is 13.9. The highest BCUT2D eigenvalue weighted by atomic mass is 19.4. The molecule has 1 fully saturated rings. The third-order valence-electron chi connectivity index (χ3n) is 3.06. The second-order valence-electron chi connectivity index (χ2n) is 4.82. The quantitative estimate of drug-likeness (QED) is 0.888. The minimum absolute atomic E-state index is 0.0562. The van der Waals surface area contributed by atoms with Crippen LogP contribution in [0.15, 0.2) is 28.7 Å². The second-order valence-corrected chi connectivity index (χ2v) is 4.82. The summed E-state index contributed by atoms with van der Waals surface area (Å²) in [6.07, 6.45) is -2.20. The lowest BCUT2D eigenvalue weighted by atomic mass is 10.2. The number of rotatable bonds is 5. The largest absolute Gasteiger partial charge is 0.418 e. The average molecular weight is 298 g/mol. The summed E-state index contributed by atoms with van der Waals surface area (Å²) in [5, 5.41) is 13.2. The van der Waals surface area contributed by atoms with Gasteiger partial charge in [-0.1, -0.05) is 17.2 Å². The molecule has 0 amide bonds. The van der Waals surface area contributed by atoms with Crippen LogP contribution in [0.5, 0.6) is 0 Å². The van der Waals surface area contributed by atoms with Crippen molar-refractivity contribution in [1.82, 2.24) is 15.5 Å². The maximum absolute atomic E-state index is 12.9. The molecule has 2 aromatic rings. The van der Waals surface area contributed by atoms with Crippen LogP contribution in [0.4, 0.5) is 24.9 Å². The lowest BCUT2D eigenvalue weighted by Gasteiger charge is -2.11. The molecule has 0 saturated heterocycles. The number of benzene rings is 1. The number of hydrogen-bond acceptors (Lipinski definition) is 5. The fourth-order valence-electron chi connectivity index (χ4n) is 1.85. The molecule has 0 atom stereocenters. The SMILES string of the molecule is FC(F)(F)c1ccccc1Nc1nnc(CNC2CC2)o1. The van der Waals surface area contributed by atoms with Gasteiger partial charge in [-0.2, -0.15) is 13.2 Å². The first-order chi connectivity index (χ1) is 10.0. The van der Waals surface area contributed by atoms with Gasteiger partial charge in [0.1, 0.15) is 0 Å². The van der Waals surface area contributed by atoms with Crippen molar-refractivity contribution in [3.05, 3.63) is 35.7 Å². The third kappa shape index (κ3) is 3.52. The van der Waals surface area contributed by atoms with E-state index in [0.717, 1.165) is 18.9 Å². The minimum Gasteiger partial charge on any atom is -0.406 e. The molecule has 1 aliphatic rings. The lowest BCUT2D eigenvalue weighted by Crippen LogP contribution is -2.15. The molecule has 0 bridgehead atoms. The molecular formula is C13H13F3N4O. The van der Waals surface area contributed by atoms with Gasteiger partial charge < -0.3 is 15.1 Å². The normalized spacial score (nSPS) is 15.2. The molecule has 0 radical (unpaired) electrons. The van der Waals surface area contributed by atoms with Crippen LogP contribution < -0.4 is 10.6 Å². The summed E-state index contributed by atoms with van der Waals surface area (Å²) in [6, 6.07) is 5.57. The van der Waals surface area contributed by atoms with E-state index in [0.29, 0.717) is 18.5 Å². The zero-order valence-corrected chi connectivity index (χ0v) is 10.9. The highest BCUT2D eigenvalue weighted by molar-refractivity contribution is 5.58. The zero-order chi connectivity index (χ0) is 14.9. The van der Waals surface area contributed by atoms with Gasteiger partial charge in [0.2, 0.25) is 5.89 Å². The van der Waals surface area contributed by atoms with Crippen LogP contribution in [-0.4, -0.2) is 16.2 Å². The van der Waals surface area contributed by atoms with Crippen molar-refractivity contribution in [1.29, 1.82) is 0 Å². The predicted molar refractivity (Wildman–Crippen MR) is 68.9 cm³/mol. The summed E-state index contributed by atoms with van der Waals surface area (Å²) >= 11 is 0. The van der Waals surface area contributed by atoms with Gasteiger partial charge in [-0.05, 0) is 25.0 Å². The van der Waals surface area contributed by atoms with Crippen LogP contribution in [-0.2, 0) is 12.7 Å². The van der Waals surface area contributed by atoms with Gasteiger partial charge in [-0.25, -0.2) is 0 Å². The molecule has 1 heterocycles. The van der Waals surface area contributed by atoms with Crippen molar-refractivity contribution in [3.63, 3.8) is 0 Å². The Bertz CT molecular complexity index is 622. The summed E-state index contributed by atoms with van der Waals surface area (Å²) in [5.41, 5.74) is -0.892. The van der Waals surface area contributed by atoms with E-state index in [2.05, 4.69) is 20.8 Å². The first-order valence-corrected chi connectivity index (χ1v) is 6.51. The van der Waals surface area contributed by atoms with Gasteiger partial charge in [0, 0.05) is 6.04 Å². The predicted octanol–water partition coefficient (Wildman–Crippen LogP) is 3.08. The van der Waals surface area contributed by atoms with Gasteiger partial charge in [0.05, 0.1) is 17.8 Å². The number of nitrogens with one attached hydrogen (secondary N) is 2. The number of para-hydroxylation sites is 1. The lowest BCUT2D eigenvalue weighted by molar-refractivity contribution is -0.136. The molecule has 1 aromatic carbocycles. The summed E-state index contributed by atoms with van der Waals surface area (Å²) in [6.45, 7) is 0.417. The highest BCUT2D eigenvalue weighted by Gasteiger charge is 2.33. The van der Waals surface area contributed by atoms with Gasteiger partial charge in [-0.15, -0.1) is 5.10 Å². The topological polar surface area (TPSA) is 63.0 Å². The maximum atomic E-state index is 12.9. The van der Waals surface area contributed by atoms with Crippen LogP contribution in [0.1, 0.15) is 24.3 Å². The smallest absolute Gasteiger partial charge is 0.406 e. The van der Waals surface area contributed by atoms with E-state index < -0.39 is 11.7 Å². The van der Waals surface area contributed by atoms with E-state index in [1.165, 1.54) is 18.2 Å². The van der Waals surface area contributed by atoms with Crippen molar-refractivity contribution >= 4 is 11.7 Å². The number of alkyl halides is 3. The van der Waals surface area contributed by atoms with Gasteiger partial charge in [-0.3, -0.25) is 0 Å². The monoisotopic (exact) mass is 298 g/mol. The van der Waals surface area contributed by atoms with Crippen LogP contribution in [0.25, 0.3) is 0 Å². The van der Waals surface area contributed by atoms with Crippen molar-refractivity contribution in [3.8, 4) is 0 Å². The van der Waals surface area contributed by atoms with Crippen LogP contribution >= 0.6 is 0 Å². The Hall–Kier alpha value is -2.09. The number of anilines is 2. The van der Waals surface area contributed by atoms with E-state index in [1.54, 1.807) is 0 Å². The van der Waals surface area contributed by atoms with Crippen molar-refractivity contribution in [2.24, 2.45) is 0 Å². The Kier molecular flexibility index (Phi) is 3.54. The summed E-state index contributed by atoms with van der Waals surface area (Å²) in [5.74, 6) is 0.342. The molecule has 112 valence electrons. The summed E-state index contributed by atoms with van der Waals surface area (Å²) in [7, 11) is 0. The zero-order valence-electron chi connectivity index (χ0n) is 10.9. The van der Waals surface area contributed by atoms with Crippen LogP contribution in [0, 0.1) is 0 Å².